The first-order valence-electron chi connectivity index (χ1n) is 9.07. The lowest BCUT2D eigenvalue weighted by molar-refractivity contribution is -0.440. The predicted molar refractivity (Wildman–Crippen MR) is 113 cm³/mol. The lowest BCUT2D eigenvalue weighted by Gasteiger charge is -2.51. The van der Waals surface area contributed by atoms with Crippen molar-refractivity contribution in [1.29, 1.82) is 0 Å². The normalized spacial score (nSPS) is 16.9. The summed E-state index contributed by atoms with van der Waals surface area (Å²) in [5.74, 6) is -3.88. The number of hydrogen-bond donors (Lipinski definition) is 2. The van der Waals surface area contributed by atoms with Gasteiger partial charge < -0.3 is 28.2 Å². The van der Waals surface area contributed by atoms with Crippen LogP contribution in [0.3, 0.4) is 0 Å². The molecular formula is C15H40O6Si4. The molecule has 152 valence electrons. The van der Waals surface area contributed by atoms with Crippen molar-refractivity contribution in [2.24, 2.45) is 0 Å². The Kier molecular flexibility index (Phi) is 9.45. The highest BCUT2D eigenvalue weighted by molar-refractivity contribution is 6.71. The van der Waals surface area contributed by atoms with E-state index in [2.05, 4.69) is 0 Å². The van der Waals surface area contributed by atoms with Crippen LogP contribution in [0.15, 0.2) is 0 Å². The molecule has 0 spiro atoms. The van der Waals surface area contributed by atoms with E-state index in [1.807, 2.05) is 58.9 Å². The molecule has 0 rings (SSSR count). The van der Waals surface area contributed by atoms with Crippen LogP contribution < -0.4 is 0 Å². The molecule has 6 nitrogen and oxygen atoms in total. The second kappa shape index (κ2) is 9.21. The zero-order valence-electron chi connectivity index (χ0n) is 17.9. The van der Waals surface area contributed by atoms with Gasteiger partial charge in [0.15, 0.2) is 25.0 Å². The molecule has 0 aromatic carbocycles. The van der Waals surface area contributed by atoms with Gasteiger partial charge in [0.25, 0.3) is 5.79 Å². The van der Waals surface area contributed by atoms with Crippen molar-refractivity contribution in [2.75, 3.05) is 13.2 Å². The summed E-state index contributed by atoms with van der Waals surface area (Å²) in [7, 11) is -5.57. The van der Waals surface area contributed by atoms with Gasteiger partial charge in [-0.25, -0.2) is 0 Å². The lowest BCUT2D eigenvalue weighted by atomic mass is 10.2. The van der Waals surface area contributed by atoms with Crippen molar-refractivity contribution in [3.05, 3.63) is 0 Å². The number of rotatable bonds is 12. The smallest absolute Gasteiger partial charge is 0.323 e. The molecule has 2 N–H and O–H groups in total. The van der Waals surface area contributed by atoms with E-state index < -0.39 is 43.3 Å². The molecule has 0 aliphatic carbocycles. The van der Waals surface area contributed by atoms with Gasteiger partial charge in [-0.15, -0.1) is 0 Å². The van der Waals surface area contributed by atoms with E-state index in [9.17, 15) is 10.2 Å². The van der Waals surface area contributed by atoms with E-state index in [0.29, 0.717) is 6.61 Å². The molecule has 0 radical (unpaired) electrons. The minimum absolute atomic E-state index is 0.385. The predicted octanol–water partition coefficient (Wildman–Crippen LogP) is 2.07. The van der Waals surface area contributed by atoms with Gasteiger partial charge in [-0.05, 0) is 65.3 Å². The fourth-order valence-corrected chi connectivity index (χ4v) is 5.91. The summed E-state index contributed by atoms with van der Waals surface area (Å²) in [6.07, 6.45) is 0.854. The molecule has 0 heterocycles. The van der Waals surface area contributed by atoms with Crippen molar-refractivity contribution >= 4 is 35.2 Å². The Bertz CT molecular complexity index is 386. The summed E-state index contributed by atoms with van der Waals surface area (Å²) < 4.78 is 24.6. The number of ether oxygens (including phenoxy) is 1. The largest absolute Gasteiger partial charge is 0.390 e. The Morgan fingerprint density at radius 2 is 1.20 bits per heavy atom. The molecule has 0 aliphatic rings. The minimum Gasteiger partial charge on any atom is -0.390 e. The zero-order chi connectivity index (χ0) is 20.2. The van der Waals surface area contributed by atoms with E-state index in [0.717, 1.165) is 22.7 Å². The lowest BCUT2D eigenvalue weighted by Crippen LogP contribution is -2.70. The summed E-state index contributed by atoms with van der Waals surface area (Å²) in [4.78, 5) is 0. The van der Waals surface area contributed by atoms with Crippen LogP contribution in [0.25, 0.3) is 0 Å². The van der Waals surface area contributed by atoms with Crippen LogP contribution in [-0.2, 0) is 18.0 Å². The van der Waals surface area contributed by atoms with E-state index in [1.165, 1.54) is 0 Å². The van der Waals surface area contributed by atoms with Crippen molar-refractivity contribution in [3.63, 3.8) is 0 Å². The van der Waals surface area contributed by atoms with Gasteiger partial charge in [-0.3, -0.25) is 0 Å². The van der Waals surface area contributed by atoms with Crippen LogP contribution in [0.4, 0.5) is 0 Å². The first-order chi connectivity index (χ1) is 11.0. The number of aliphatic hydroxyl groups is 2. The molecule has 0 aromatic heterocycles. The van der Waals surface area contributed by atoms with Gasteiger partial charge in [-0.1, -0.05) is 6.04 Å². The fourth-order valence-electron chi connectivity index (χ4n) is 2.21. The van der Waals surface area contributed by atoms with Crippen LogP contribution in [0.5, 0.6) is 0 Å². The van der Waals surface area contributed by atoms with Gasteiger partial charge in [0.05, 0.1) is 6.61 Å². The van der Waals surface area contributed by atoms with Gasteiger partial charge >= 0.3 is 5.97 Å². The second-order valence-corrected chi connectivity index (χ2v) is 23.6. The average Bonchev–Trinajstić information content (AvgIpc) is 2.32. The third-order valence-electron chi connectivity index (χ3n) is 2.84. The Balaban J connectivity index is 6.14. The Labute approximate surface area is 160 Å². The zero-order valence-corrected chi connectivity index (χ0v) is 22.9. The van der Waals surface area contributed by atoms with Gasteiger partial charge in [0.1, 0.15) is 6.61 Å². The molecule has 25 heavy (non-hydrogen) atoms. The summed E-state index contributed by atoms with van der Waals surface area (Å²) >= 11 is 0. The van der Waals surface area contributed by atoms with Crippen LogP contribution in [0.2, 0.25) is 65.0 Å². The monoisotopic (exact) mass is 428 g/mol. The maximum Gasteiger partial charge on any atom is 0.323 e. The van der Waals surface area contributed by atoms with E-state index in [1.54, 1.807) is 0 Å². The number of aliphatic hydroxyl groups excluding tert-OH is 1. The van der Waals surface area contributed by atoms with Crippen LogP contribution in [0.1, 0.15) is 6.42 Å². The molecule has 0 aliphatic heterocycles. The molecule has 0 saturated carbocycles. The van der Waals surface area contributed by atoms with Crippen molar-refractivity contribution < 1.29 is 28.2 Å². The third-order valence-corrected chi connectivity index (χ3v) is 6.26. The van der Waals surface area contributed by atoms with Crippen molar-refractivity contribution in [3.8, 4) is 0 Å². The quantitative estimate of drug-likeness (QED) is 0.281. The summed E-state index contributed by atoms with van der Waals surface area (Å²) in [6.45, 7) is 17.5. The molecule has 1 unspecified atom stereocenters. The third kappa shape index (κ3) is 9.40. The molecule has 10 heteroatoms. The molecule has 1 atom stereocenters. The first kappa shape index (κ1) is 25.6. The summed E-state index contributed by atoms with van der Waals surface area (Å²) in [6, 6.07) is 1.07. The van der Waals surface area contributed by atoms with Gasteiger partial charge in [0, 0.05) is 10.2 Å². The molecule has 0 bridgehead atoms. The van der Waals surface area contributed by atoms with E-state index in [4.69, 9.17) is 18.0 Å². The molecule has 0 amide bonds. The maximum atomic E-state index is 11.3. The highest BCUT2D eigenvalue weighted by Gasteiger charge is 2.60. The first-order valence-corrected chi connectivity index (χ1v) is 20.7. The van der Waals surface area contributed by atoms with E-state index in [-0.39, 0.29) is 0 Å². The Hall–Kier alpha value is 0.628. The molecule has 0 fully saturated rings. The van der Waals surface area contributed by atoms with Gasteiger partial charge in [0.2, 0.25) is 0 Å². The van der Waals surface area contributed by atoms with Crippen LogP contribution >= 0.6 is 0 Å². The second-order valence-electron chi connectivity index (χ2n) is 9.34. The molecule has 0 aromatic rings. The Morgan fingerprint density at radius 3 is 1.48 bits per heavy atom. The highest BCUT2D eigenvalue weighted by Crippen LogP contribution is 2.38. The molecule has 0 saturated heterocycles. The average molecular weight is 429 g/mol. The maximum absolute atomic E-state index is 11.3. The fraction of sp³-hybridized carbons (Fsp3) is 1.00. The van der Waals surface area contributed by atoms with Crippen LogP contribution in [0, 0.1) is 0 Å². The SMILES string of the molecule is C[Si](C)(C)OC(O)(CO)C(OCCC[SiH3])(O[Si](C)(C)C)O[Si](C)(C)C. The number of hydrogen-bond acceptors (Lipinski definition) is 6. The Morgan fingerprint density at radius 1 is 0.800 bits per heavy atom. The highest BCUT2D eigenvalue weighted by atomic mass is 28.4. The van der Waals surface area contributed by atoms with Gasteiger partial charge in [-0.2, -0.15) is 0 Å². The van der Waals surface area contributed by atoms with Crippen LogP contribution in [-0.4, -0.2) is 70.4 Å². The van der Waals surface area contributed by atoms with E-state index >= 15 is 0 Å². The molecular weight excluding hydrogens is 389 g/mol. The standard InChI is InChI=1S/C15H40O6Si4/c1-23(2,3)19-14(17,13-16)15(18-11-10-12-22,20-24(4,5)6)21-25(7,8)9/h16-17H,10-13H2,1-9,22H3. The topological polar surface area (TPSA) is 77.4 Å². The summed E-state index contributed by atoms with van der Waals surface area (Å²) in [5.41, 5.74) is 0. The summed E-state index contributed by atoms with van der Waals surface area (Å²) in [5, 5.41) is 21.4. The van der Waals surface area contributed by atoms with Crippen molar-refractivity contribution in [2.45, 2.75) is 83.1 Å². The van der Waals surface area contributed by atoms with Crippen molar-refractivity contribution in [1.82, 2.24) is 0 Å². The minimum atomic E-state index is -2.23.